The Bertz CT molecular complexity index is 1250. The maximum absolute atomic E-state index is 12.9. The molecule has 4 rings (SSSR count). The molecule has 2 aromatic carbocycles. The van der Waals surface area contributed by atoms with E-state index in [4.69, 9.17) is 16.3 Å². The van der Waals surface area contributed by atoms with Crippen molar-refractivity contribution in [2.45, 2.75) is 6.92 Å². The number of nitrogens with zero attached hydrogens (tertiary/aromatic N) is 1. The molecule has 0 bridgehead atoms. The van der Waals surface area contributed by atoms with Gasteiger partial charge in [-0.3, -0.25) is 4.98 Å². The first-order valence-electron chi connectivity index (χ1n) is 9.62. The summed E-state index contributed by atoms with van der Waals surface area (Å²) in [7, 11) is 0. The zero-order chi connectivity index (χ0) is 21.8. The Labute approximate surface area is 183 Å². The van der Waals surface area contributed by atoms with Crippen LogP contribution in [0.25, 0.3) is 22.2 Å². The number of esters is 1. The number of H-pyrrole nitrogens is 1. The number of benzene rings is 2. The molecule has 0 radical (unpaired) electrons. The van der Waals surface area contributed by atoms with Crippen molar-refractivity contribution in [1.82, 2.24) is 9.97 Å². The molecule has 0 saturated heterocycles. The number of para-hydroxylation sites is 1. The maximum atomic E-state index is 12.9. The fourth-order valence-electron chi connectivity index (χ4n) is 3.28. The van der Waals surface area contributed by atoms with Gasteiger partial charge in [0.2, 0.25) is 0 Å². The van der Waals surface area contributed by atoms with E-state index in [-0.39, 0.29) is 12.2 Å². The van der Waals surface area contributed by atoms with E-state index in [1.165, 1.54) is 0 Å². The van der Waals surface area contributed by atoms with Crippen molar-refractivity contribution < 1.29 is 14.3 Å². The van der Waals surface area contributed by atoms with Crippen LogP contribution in [-0.4, -0.2) is 28.6 Å². The highest BCUT2D eigenvalue weighted by Gasteiger charge is 2.18. The third-order valence-electron chi connectivity index (χ3n) is 4.64. The quantitative estimate of drug-likeness (QED) is 0.351. The van der Waals surface area contributed by atoms with Crippen molar-refractivity contribution in [2.75, 3.05) is 17.2 Å². The SMILES string of the molecule is CCOC(=O)c1ccccc1NC(=O)Nc1c(-c2ccncc2)[nH]c2ccc(Cl)cc12. The van der Waals surface area contributed by atoms with E-state index >= 15 is 0 Å². The standard InChI is InChI=1S/C23H19ClN4O3/c1-2-31-22(29)16-5-3-4-6-18(16)27-23(30)28-21-17-13-15(24)7-8-19(17)26-20(21)14-9-11-25-12-10-14/h3-13,26H,2H2,1H3,(H2,27,28,30). The number of fused-ring (bicyclic) bond motifs is 1. The topological polar surface area (TPSA) is 96.1 Å². The molecule has 2 aromatic heterocycles. The zero-order valence-electron chi connectivity index (χ0n) is 16.6. The summed E-state index contributed by atoms with van der Waals surface area (Å²) in [6.45, 7) is 1.97. The molecule has 2 amide bonds. The van der Waals surface area contributed by atoms with Crippen LogP contribution in [0.5, 0.6) is 0 Å². The summed E-state index contributed by atoms with van der Waals surface area (Å²) in [5, 5.41) is 6.93. The zero-order valence-corrected chi connectivity index (χ0v) is 17.4. The van der Waals surface area contributed by atoms with E-state index in [1.54, 1.807) is 55.7 Å². The molecule has 8 heteroatoms. The lowest BCUT2D eigenvalue weighted by atomic mass is 10.1. The molecule has 2 heterocycles. The highest BCUT2D eigenvalue weighted by atomic mass is 35.5. The number of aromatic amines is 1. The van der Waals surface area contributed by atoms with Gasteiger partial charge < -0.3 is 20.4 Å². The first-order chi connectivity index (χ1) is 15.1. The Morgan fingerprint density at radius 2 is 1.84 bits per heavy atom. The third-order valence-corrected chi connectivity index (χ3v) is 4.87. The Morgan fingerprint density at radius 1 is 1.06 bits per heavy atom. The third kappa shape index (κ3) is 4.36. The second-order valence-corrected chi connectivity index (χ2v) is 7.08. The van der Waals surface area contributed by atoms with Gasteiger partial charge in [0.1, 0.15) is 0 Å². The van der Waals surface area contributed by atoms with Gasteiger partial charge in [-0.2, -0.15) is 0 Å². The normalized spacial score (nSPS) is 10.6. The van der Waals surface area contributed by atoms with Gasteiger partial charge in [-0.1, -0.05) is 23.7 Å². The maximum Gasteiger partial charge on any atom is 0.340 e. The Balaban J connectivity index is 1.68. The molecule has 0 aliphatic carbocycles. The van der Waals surface area contributed by atoms with Crippen LogP contribution in [-0.2, 0) is 4.74 Å². The number of hydrogen-bond acceptors (Lipinski definition) is 4. The summed E-state index contributed by atoms with van der Waals surface area (Å²) in [5.41, 5.74) is 3.57. The molecule has 0 aliphatic heterocycles. The van der Waals surface area contributed by atoms with Crippen LogP contribution in [0.3, 0.4) is 0 Å². The summed E-state index contributed by atoms with van der Waals surface area (Å²) >= 11 is 6.19. The molecule has 0 fully saturated rings. The number of aromatic nitrogens is 2. The van der Waals surface area contributed by atoms with Crippen LogP contribution in [0, 0.1) is 0 Å². The average Bonchev–Trinajstić information content (AvgIpc) is 3.12. The van der Waals surface area contributed by atoms with Gasteiger partial charge in [-0.15, -0.1) is 0 Å². The molecule has 7 nitrogen and oxygen atoms in total. The van der Waals surface area contributed by atoms with Crippen molar-refractivity contribution in [3.05, 3.63) is 77.6 Å². The monoisotopic (exact) mass is 434 g/mol. The number of carbonyl (C=O) groups excluding carboxylic acids is 2. The molecule has 0 unspecified atom stereocenters. The number of anilines is 2. The highest BCUT2D eigenvalue weighted by Crippen LogP contribution is 2.36. The fraction of sp³-hybridized carbons (Fsp3) is 0.0870. The molecule has 156 valence electrons. The van der Waals surface area contributed by atoms with Gasteiger partial charge in [-0.25, -0.2) is 9.59 Å². The summed E-state index contributed by atoms with van der Waals surface area (Å²) in [6, 6.07) is 15.2. The Kier molecular flexibility index (Phi) is 5.86. The Morgan fingerprint density at radius 3 is 2.61 bits per heavy atom. The van der Waals surface area contributed by atoms with E-state index in [2.05, 4.69) is 20.6 Å². The van der Waals surface area contributed by atoms with E-state index < -0.39 is 12.0 Å². The number of pyridine rings is 1. The summed E-state index contributed by atoms with van der Waals surface area (Å²) in [6.07, 6.45) is 3.35. The van der Waals surface area contributed by atoms with Crippen LogP contribution in [0.1, 0.15) is 17.3 Å². The van der Waals surface area contributed by atoms with Gasteiger partial charge in [-0.05, 0) is 49.4 Å². The molecular weight excluding hydrogens is 416 g/mol. The second-order valence-electron chi connectivity index (χ2n) is 6.65. The summed E-state index contributed by atoms with van der Waals surface area (Å²) in [5.74, 6) is -0.505. The molecule has 0 aliphatic rings. The van der Waals surface area contributed by atoms with Crippen molar-refractivity contribution in [1.29, 1.82) is 0 Å². The van der Waals surface area contributed by atoms with Crippen molar-refractivity contribution in [3.63, 3.8) is 0 Å². The van der Waals surface area contributed by atoms with Crippen LogP contribution in [0.15, 0.2) is 67.0 Å². The van der Waals surface area contributed by atoms with E-state index in [0.717, 1.165) is 16.5 Å². The van der Waals surface area contributed by atoms with Crippen LogP contribution in [0.4, 0.5) is 16.2 Å². The first-order valence-corrected chi connectivity index (χ1v) is 10.0. The molecule has 31 heavy (non-hydrogen) atoms. The molecule has 3 N–H and O–H groups in total. The van der Waals surface area contributed by atoms with Crippen LogP contribution in [0.2, 0.25) is 5.02 Å². The van der Waals surface area contributed by atoms with Crippen molar-refractivity contribution in [3.8, 4) is 11.3 Å². The van der Waals surface area contributed by atoms with Crippen molar-refractivity contribution in [2.24, 2.45) is 0 Å². The number of amides is 2. The largest absolute Gasteiger partial charge is 0.462 e. The molecule has 0 atom stereocenters. The minimum absolute atomic E-state index is 0.241. The summed E-state index contributed by atoms with van der Waals surface area (Å²) < 4.78 is 5.07. The molecule has 0 saturated carbocycles. The number of carbonyl (C=O) groups is 2. The van der Waals surface area contributed by atoms with E-state index in [0.29, 0.717) is 22.1 Å². The van der Waals surface area contributed by atoms with E-state index in [1.807, 2.05) is 18.2 Å². The molecular formula is C23H19ClN4O3. The van der Waals surface area contributed by atoms with Gasteiger partial charge >= 0.3 is 12.0 Å². The van der Waals surface area contributed by atoms with E-state index in [9.17, 15) is 9.59 Å². The first kappa shape index (κ1) is 20.4. The number of halogens is 1. The second kappa shape index (κ2) is 8.89. The molecule has 4 aromatic rings. The van der Waals surface area contributed by atoms with Crippen molar-refractivity contribution >= 4 is 45.9 Å². The lowest BCUT2D eigenvalue weighted by Crippen LogP contribution is -2.21. The van der Waals surface area contributed by atoms with Gasteiger partial charge in [0.15, 0.2) is 0 Å². The predicted molar refractivity (Wildman–Crippen MR) is 122 cm³/mol. The van der Waals surface area contributed by atoms with Gasteiger partial charge in [0, 0.05) is 33.9 Å². The van der Waals surface area contributed by atoms with Gasteiger partial charge in [0.05, 0.1) is 29.2 Å². The van der Waals surface area contributed by atoms with Gasteiger partial charge in [0.25, 0.3) is 0 Å². The average molecular weight is 435 g/mol. The highest BCUT2D eigenvalue weighted by molar-refractivity contribution is 6.31. The number of nitrogens with one attached hydrogen (secondary N) is 3. The molecule has 0 spiro atoms. The van der Waals surface area contributed by atoms with Crippen LogP contribution >= 0.6 is 11.6 Å². The fourth-order valence-corrected chi connectivity index (χ4v) is 3.45. The number of ether oxygens (including phenoxy) is 1. The lowest BCUT2D eigenvalue weighted by Gasteiger charge is -2.12. The number of urea groups is 1. The Hall–Kier alpha value is -3.84. The number of hydrogen-bond donors (Lipinski definition) is 3. The minimum atomic E-state index is -0.507. The minimum Gasteiger partial charge on any atom is -0.462 e. The summed E-state index contributed by atoms with van der Waals surface area (Å²) in [4.78, 5) is 32.5. The lowest BCUT2D eigenvalue weighted by molar-refractivity contribution is 0.0527. The number of rotatable bonds is 5. The smallest absolute Gasteiger partial charge is 0.340 e. The van der Waals surface area contributed by atoms with Crippen LogP contribution < -0.4 is 10.6 Å². The predicted octanol–water partition coefficient (Wildman–Crippen LogP) is 5.70.